The molecule has 26 heavy (non-hydrogen) atoms. The Kier molecular flexibility index (Phi) is 4.63. The van der Waals surface area contributed by atoms with Crippen LogP contribution in [-0.2, 0) is 17.3 Å². The number of hydrogen-bond acceptors (Lipinski definition) is 5. The molecule has 0 saturated heterocycles. The van der Waals surface area contributed by atoms with Crippen LogP contribution in [0.25, 0.3) is 11.0 Å². The number of nitrogens with zero attached hydrogens (tertiary/aromatic N) is 4. The van der Waals surface area contributed by atoms with Crippen LogP contribution >= 0.6 is 11.8 Å². The van der Waals surface area contributed by atoms with Crippen molar-refractivity contribution in [3.8, 4) is 0 Å². The van der Waals surface area contributed by atoms with Crippen LogP contribution in [0.2, 0.25) is 0 Å². The minimum absolute atomic E-state index is 0.0351. The maximum atomic E-state index is 12.4. The number of rotatable bonds is 6. The lowest BCUT2D eigenvalue weighted by molar-refractivity contribution is -0.119. The van der Waals surface area contributed by atoms with Gasteiger partial charge in [0.1, 0.15) is 11.4 Å². The van der Waals surface area contributed by atoms with Crippen molar-refractivity contribution in [3.05, 3.63) is 48.4 Å². The molecular formula is C19H21N5OS. The number of fused-ring (bicyclic) bond motifs is 1. The first-order chi connectivity index (χ1) is 12.7. The van der Waals surface area contributed by atoms with Gasteiger partial charge in [-0.1, -0.05) is 48.5 Å². The summed E-state index contributed by atoms with van der Waals surface area (Å²) in [5, 5.41) is 9.00. The van der Waals surface area contributed by atoms with Crippen LogP contribution in [0.5, 0.6) is 0 Å². The van der Waals surface area contributed by atoms with Gasteiger partial charge in [-0.15, -0.1) is 0 Å². The number of amides is 1. The van der Waals surface area contributed by atoms with Gasteiger partial charge in [0, 0.05) is 19.0 Å². The third kappa shape index (κ3) is 3.19. The van der Waals surface area contributed by atoms with Crippen LogP contribution in [-0.4, -0.2) is 38.0 Å². The topological polar surface area (TPSA) is 72.7 Å². The molecule has 6 nitrogen and oxygen atoms in total. The highest BCUT2D eigenvalue weighted by molar-refractivity contribution is 8.00. The molecule has 0 spiro atoms. The Bertz CT molecular complexity index is 920. The van der Waals surface area contributed by atoms with Crippen molar-refractivity contribution in [3.63, 3.8) is 0 Å². The van der Waals surface area contributed by atoms with E-state index in [1.54, 1.807) is 10.9 Å². The molecule has 4 rings (SSSR count). The van der Waals surface area contributed by atoms with E-state index in [1.807, 2.05) is 13.1 Å². The van der Waals surface area contributed by atoms with Gasteiger partial charge in [-0.2, -0.15) is 5.10 Å². The van der Waals surface area contributed by atoms with Crippen molar-refractivity contribution in [2.45, 2.75) is 29.7 Å². The predicted octanol–water partition coefficient (Wildman–Crippen LogP) is 2.69. The maximum Gasteiger partial charge on any atom is 0.230 e. The SMILES string of the molecule is Cn1ncc2c(SCC(=O)NCC3(c4ccccc4)CCC3)ncnc21. The van der Waals surface area contributed by atoms with Gasteiger partial charge >= 0.3 is 0 Å². The quantitative estimate of drug-likeness (QED) is 0.536. The molecule has 1 aliphatic rings. The number of aromatic nitrogens is 4. The highest BCUT2D eigenvalue weighted by Gasteiger charge is 2.38. The summed E-state index contributed by atoms with van der Waals surface area (Å²) in [7, 11) is 1.85. The fraction of sp³-hybridized carbons (Fsp3) is 0.368. The molecule has 134 valence electrons. The number of hydrogen-bond donors (Lipinski definition) is 1. The van der Waals surface area contributed by atoms with Crippen LogP contribution in [0.4, 0.5) is 0 Å². The van der Waals surface area contributed by atoms with E-state index in [0.29, 0.717) is 12.3 Å². The van der Waals surface area contributed by atoms with Gasteiger partial charge in [0.25, 0.3) is 0 Å². The van der Waals surface area contributed by atoms with Crippen molar-refractivity contribution in [2.24, 2.45) is 7.05 Å². The maximum absolute atomic E-state index is 12.4. The molecule has 0 unspecified atom stereocenters. The van der Waals surface area contributed by atoms with Gasteiger partial charge in [-0.3, -0.25) is 9.48 Å². The second kappa shape index (κ2) is 7.07. The molecule has 1 fully saturated rings. The molecule has 1 N–H and O–H groups in total. The number of aryl methyl sites for hydroxylation is 1. The van der Waals surface area contributed by atoms with Gasteiger partial charge in [0.2, 0.25) is 5.91 Å². The monoisotopic (exact) mass is 367 g/mol. The van der Waals surface area contributed by atoms with Crippen LogP contribution in [0.1, 0.15) is 24.8 Å². The van der Waals surface area contributed by atoms with E-state index in [-0.39, 0.29) is 11.3 Å². The lowest BCUT2D eigenvalue weighted by Crippen LogP contribution is -2.46. The highest BCUT2D eigenvalue weighted by atomic mass is 32.2. The van der Waals surface area contributed by atoms with Crippen molar-refractivity contribution in [1.82, 2.24) is 25.1 Å². The van der Waals surface area contributed by atoms with Crippen molar-refractivity contribution >= 4 is 28.7 Å². The molecule has 7 heteroatoms. The Hall–Kier alpha value is -2.41. The Morgan fingerprint density at radius 3 is 2.81 bits per heavy atom. The number of carbonyl (C=O) groups excluding carboxylic acids is 1. The summed E-state index contributed by atoms with van der Waals surface area (Å²) in [5.74, 6) is 0.374. The molecule has 2 aromatic heterocycles. The van der Waals surface area contributed by atoms with Crippen molar-refractivity contribution in [1.29, 1.82) is 0 Å². The van der Waals surface area contributed by atoms with Crippen molar-refractivity contribution in [2.75, 3.05) is 12.3 Å². The number of carbonyl (C=O) groups is 1. The minimum atomic E-state index is 0.0351. The van der Waals surface area contributed by atoms with E-state index in [1.165, 1.54) is 30.1 Å². The highest BCUT2D eigenvalue weighted by Crippen LogP contribution is 2.43. The third-order valence-electron chi connectivity index (χ3n) is 5.15. The van der Waals surface area contributed by atoms with Crippen LogP contribution in [0.3, 0.4) is 0 Å². The van der Waals surface area contributed by atoms with E-state index in [9.17, 15) is 4.79 Å². The van der Waals surface area contributed by atoms with Gasteiger partial charge in [-0.25, -0.2) is 9.97 Å². The Morgan fingerprint density at radius 2 is 2.08 bits per heavy atom. The minimum Gasteiger partial charge on any atom is -0.354 e. The molecule has 0 radical (unpaired) electrons. The summed E-state index contributed by atoms with van der Waals surface area (Å²) >= 11 is 1.43. The van der Waals surface area contributed by atoms with Gasteiger partial charge in [-0.05, 0) is 18.4 Å². The van der Waals surface area contributed by atoms with E-state index in [2.05, 4.69) is 44.6 Å². The number of nitrogens with one attached hydrogen (secondary N) is 1. The molecule has 0 aliphatic heterocycles. The summed E-state index contributed by atoms with van der Waals surface area (Å²) < 4.78 is 1.71. The largest absolute Gasteiger partial charge is 0.354 e. The molecule has 0 atom stereocenters. The zero-order valence-electron chi connectivity index (χ0n) is 14.7. The van der Waals surface area contributed by atoms with E-state index >= 15 is 0 Å². The summed E-state index contributed by atoms with van der Waals surface area (Å²) in [6, 6.07) is 10.5. The second-order valence-corrected chi connectivity index (χ2v) is 7.71. The Balaban J connectivity index is 1.37. The first-order valence-electron chi connectivity index (χ1n) is 8.76. The summed E-state index contributed by atoms with van der Waals surface area (Å²) in [6.45, 7) is 0.697. The molecule has 1 aliphatic carbocycles. The lowest BCUT2D eigenvalue weighted by Gasteiger charge is -2.42. The zero-order chi connectivity index (χ0) is 18.0. The molecule has 0 bridgehead atoms. The summed E-state index contributed by atoms with van der Waals surface area (Å²) in [4.78, 5) is 20.9. The summed E-state index contributed by atoms with van der Waals surface area (Å²) in [6.07, 6.45) is 6.75. The molecular weight excluding hydrogens is 346 g/mol. The second-order valence-electron chi connectivity index (χ2n) is 6.75. The fourth-order valence-corrected chi connectivity index (χ4v) is 4.26. The van der Waals surface area contributed by atoms with E-state index < -0.39 is 0 Å². The predicted molar refractivity (Wildman–Crippen MR) is 102 cm³/mol. The number of benzene rings is 1. The average molecular weight is 367 g/mol. The van der Waals surface area contributed by atoms with Crippen LogP contribution in [0.15, 0.2) is 47.9 Å². The normalized spacial score (nSPS) is 15.6. The summed E-state index contributed by atoms with van der Waals surface area (Å²) in [5.41, 5.74) is 2.21. The Labute approximate surface area is 156 Å². The first-order valence-corrected chi connectivity index (χ1v) is 9.74. The zero-order valence-corrected chi connectivity index (χ0v) is 15.5. The fourth-order valence-electron chi connectivity index (χ4n) is 3.47. The molecule has 1 aromatic carbocycles. The molecule has 1 saturated carbocycles. The third-order valence-corrected chi connectivity index (χ3v) is 6.16. The number of thioether (sulfide) groups is 1. The first kappa shape index (κ1) is 17.0. The smallest absolute Gasteiger partial charge is 0.230 e. The molecule has 2 heterocycles. The van der Waals surface area contributed by atoms with Gasteiger partial charge in [0.05, 0.1) is 17.3 Å². The average Bonchev–Trinajstić information content (AvgIpc) is 3.02. The molecule has 3 aromatic rings. The van der Waals surface area contributed by atoms with E-state index in [4.69, 9.17) is 0 Å². The van der Waals surface area contributed by atoms with E-state index in [0.717, 1.165) is 28.9 Å². The van der Waals surface area contributed by atoms with Gasteiger partial charge < -0.3 is 5.32 Å². The van der Waals surface area contributed by atoms with Crippen LogP contribution < -0.4 is 5.32 Å². The Morgan fingerprint density at radius 1 is 1.27 bits per heavy atom. The van der Waals surface area contributed by atoms with Crippen molar-refractivity contribution < 1.29 is 4.79 Å². The molecule has 1 amide bonds. The lowest BCUT2D eigenvalue weighted by atomic mass is 9.64. The van der Waals surface area contributed by atoms with Gasteiger partial charge in [0.15, 0.2) is 5.65 Å². The van der Waals surface area contributed by atoms with Crippen LogP contribution in [0, 0.1) is 0 Å². The standard InChI is InChI=1S/C19H21N5OS/c1-24-17-15(10-23-24)18(22-13-21-17)26-11-16(25)20-12-19(8-5-9-19)14-6-3-2-4-7-14/h2-4,6-7,10,13H,5,8-9,11-12H2,1H3,(H,20,25).